The first-order valence-electron chi connectivity index (χ1n) is 15.4. The van der Waals surface area contributed by atoms with Gasteiger partial charge in [-0.25, -0.2) is 9.29 Å². The van der Waals surface area contributed by atoms with Crippen LogP contribution in [0.1, 0.15) is 38.8 Å². The predicted molar refractivity (Wildman–Crippen MR) is 170 cm³/mol. The first kappa shape index (κ1) is 32.2. The number of likely N-dealkylation sites (N-methyl/N-ethyl adjacent to an activating group) is 1. The highest BCUT2D eigenvalue weighted by Gasteiger charge is 2.59. The second-order valence-corrected chi connectivity index (χ2v) is 13.1. The van der Waals surface area contributed by atoms with Gasteiger partial charge in [0.2, 0.25) is 17.7 Å². The van der Waals surface area contributed by atoms with E-state index in [2.05, 4.69) is 10.6 Å². The van der Waals surface area contributed by atoms with Crippen LogP contribution in [0.2, 0.25) is 0 Å². The Kier molecular flexibility index (Phi) is 9.09. The molecule has 2 fully saturated rings. The fourth-order valence-electron chi connectivity index (χ4n) is 6.48. The van der Waals surface area contributed by atoms with E-state index in [1.807, 2.05) is 63.2 Å². The second kappa shape index (κ2) is 12.7. The third-order valence-electron chi connectivity index (χ3n) is 9.32. The predicted octanol–water partition coefficient (Wildman–Crippen LogP) is 3.11. The lowest BCUT2D eigenvalue weighted by atomic mass is 9.79. The first-order chi connectivity index (χ1) is 21.4. The smallest absolute Gasteiger partial charge is 0.245 e. The van der Waals surface area contributed by atoms with Crippen molar-refractivity contribution in [3.05, 3.63) is 83.7 Å². The number of amides is 3. The largest absolute Gasteiger partial charge is 0.337 e. The maximum absolute atomic E-state index is 14.2. The van der Waals surface area contributed by atoms with Crippen LogP contribution in [-0.2, 0) is 32.0 Å². The molecule has 9 nitrogen and oxygen atoms in total. The maximum Gasteiger partial charge on any atom is 0.245 e. The molecule has 2 saturated heterocycles. The highest BCUT2D eigenvalue weighted by atomic mass is 19.1. The Morgan fingerprint density at radius 3 is 2.33 bits per heavy atom. The highest BCUT2D eigenvalue weighted by Crippen LogP contribution is 2.39. The zero-order valence-corrected chi connectivity index (χ0v) is 26.5. The fraction of sp³-hybridized carbons (Fsp3) is 0.429. The second-order valence-electron chi connectivity index (χ2n) is 13.1. The zero-order chi connectivity index (χ0) is 32.5. The van der Waals surface area contributed by atoms with E-state index in [9.17, 15) is 23.6 Å². The van der Waals surface area contributed by atoms with E-state index >= 15 is 0 Å². The molecule has 3 aromatic rings. The van der Waals surface area contributed by atoms with Gasteiger partial charge in [0.15, 0.2) is 11.9 Å². The SMILES string of the molecule is CN[C@@H](C)C(=O)N[C@](C=O)(N1CC(=O)N2[C@@H](Cc3ccc4ccccc4c3)C(=O)N(CCc3ccc(F)cc3)C[C@@H]21)C(C)(C)C. The molecule has 10 heteroatoms. The van der Waals surface area contributed by atoms with Crippen LogP contribution in [0.15, 0.2) is 66.7 Å². The van der Waals surface area contributed by atoms with E-state index in [1.54, 1.807) is 40.8 Å². The number of benzene rings is 3. The molecule has 0 aliphatic carbocycles. The number of aldehydes is 1. The number of halogens is 1. The molecule has 0 bridgehead atoms. The van der Waals surface area contributed by atoms with Gasteiger partial charge in [-0.3, -0.25) is 19.2 Å². The van der Waals surface area contributed by atoms with Gasteiger partial charge in [0, 0.05) is 18.4 Å². The summed E-state index contributed by atoms with van der Waals surface area (Å²) in [5, 5.41) is 8.00. The van der Waals surface area contributed by atoms with E-state index < -0.39 is 29.3 Å². The van der Waals surface area contributed by atoms with Crippen molar-refractivity contribution >= 4 is 34.8 Å². The van der Waals surface area contributed by atoms with Crippen molar-refractivity contribution in [3.8, 4) is 0 Å². The molecule has 3 amide bonds. The van der Waals surface area contributed by atoms with Crippen LogP contribution in [0.4, 0.5) is 4.39 Å². The summed E-state index contributed by atoms with van der Waals surface area (Å²) in [6.45, 7) is 7.62. The minimum absolute atomic E-state index is 0.137. The first-order valence-corrected chi connectivity index (χ1v) is 15.4. The third kappa shape index (κ3) is 6.21. The summed E-state index contributed by atoms with van der Waals surface area (Å²) in [5.41, 5.74) is -0.572. The van der Waals surface area contributed by atoms with Crippen molar-refractivity contribution < 1.29 is 23.6 Å². The van der Waals surface area contributed by atoms with Gasteiger partial charge in [-0.2, -0.15) is 0 Å². The third-order valence-corrected chi connectivity index (χ3v) is 9.32. The summed E-state index contributed by atoms with van der Waals surface area (Å²) >= 11 is 0. The molecule has 2 N–H and O–H groups in total. The molecule has 2 aliphatic rings. The molecule has 0 unspecified atom stereocenters. The van der Waals surface area contributed by atoms with Crippen LogP contribution in [0.5, 0.6) is 0 Å². The van der Waals surface area contributed by atoms with Crippen LogP contribution in [0, 0.1) is 11.2 Å². The lowest BCUT2D eigenvalue weighted by Crippen LogP contribution is -2.74. The summed E-state index contributed by atoms with van der Waals surface area (Å²) in [6.07, 6.45) is 0.842. The van der Waals surface area contributed by atoms with Crippen molar-refractivity contribution in [2.75, 3.05) is 26.7 Å². The van der Waals surface area contributed by atoms with Crippen LogP contribution in [-0.4, -0.2) is 89.3 Å². The van der Waals surface area contributed by atoms with E-state index in [1.165, 1.54) is 12.1 Å². The molecule has 3 aromatic carbocycles. The van der Waals surface area contributed by atoms with E-state index in [0.717, 1.165) is 28.2 Å². The fourth-order valence-corrected chi connectivity index (χ4v) is 6.48. The van der Waals surface area contributed by atoms with Gasteiger partial charge in [-0.15, -0.1) is 0 Å². The summed E-state index contributed by atoms with van der Waals surface area (Å²) < 4.78 is 13.6. The number of nitrogens with zero attached hydrogens (tertiary/aromatic N) is 3. The minimum atomic E-state index is -1.54. The van der Waals surface area contributed by atoms with Crippen LogP contribution >= 0.6 is 0 Å². The lowest BCUT2D eigenvalue weighted by molar-refractivity contribution is -0.160. The summed E-state index contributed by atoms with van der Waals surface area (Å²) in [7, 11) is 1.66. The monoisotopic (exact) mass is 615 g/mol. The Morgan fingerprint density at radius 1 is 1.02 bits per heavy atom. The topological polar surface area (TPSA) is 102 Å². The van der Waals surface area contributed by atoms with Crippen LogP contribution in [0.25, 0.3) is 10.8 Å². The van der Waals surface area contributed by atoms with Gasteiger partial charge in [0.1, 0.15) is 18.0 Å². The van der Waals surface area contributed by atoms with Crippen molar-refractivity contribution in [2.24, 2.45) is 5.41 Å². The number of fused-ring (bicyclic) bond motifs is 2. The molecule has 2 aliphatic heterocycles. The Morgan fingerprint density at radius 2 is 1.69 bits per heavy atom. The van der Waals surface area contributed by atoms with Crippen molar-refractivity contribution in [1.29, 1.82) is 0 Å². The molecule has 45 heavy (non-hydrogen) atoms. The quantitative estimate of drug-likeness (QED) is 0.340. The van der Waals surface area contributed by atoms with Crippen molar-refractivity contribution in [2.45, 2.75) is 64.4 Å². The number of carbonyl (C=O) groups excluding carboxylic acids is 4. The number of piperazine rings is 1. The van der Waals surface area contributed by atoms with E-state index in [0.29, 0.717) is 19.4 Å². The Labute approximate surface area is 263 Å². The Balaban J connectivity index is 1.53. The standard InChI is InChI=1S/C35H42FN5O4/c1-23(37-5)32(44)38-35(22-42,34(2,3)4)40-21-31(43)41-29(19-25-10-13-26-8-6-7-9-27(26)18-25)33(45)39(20-30(40)41)17-16-24-11-14-28(36)15-12-24/h6-15,18,22-23,29-30,37H,16-17,19-21H2,1-5H3,(H,38,44)/t23-,29-,30+,35+/m0/s1. The molecular weight excluding hydrogens is 573 g/mol. The van der Waals surface area contributed by atoms with Gasteiger partial charge in [0.05, 0.1) is 19.1 Å². The average molecular weight is 616 g/mol. The molecular formula is C35H42FN5O4. The number of carbonyl (C=O) groups is 4. The normalized spacial score (nSPS) is 21.0. The molecule has 5 rings (SSSR count). The number of nitrogens with one attached hydrogen (secondary N) is 2. The number of hydrogen-bond acceptors (Lipinski definition) is 6. The molecule has 238 valence electrons. The summed E-state index contributed by atoms with van der Waals surface area (Å²) in [4.78, 5) is 59.6. The van der Waals surface area contributed by atoms with Gasteiger partial charge < -0.3 is 20.4 Å². The molecule has 2 heterocycles. The summed E-state index contributed by atoms with van der Waals surface area (Å²) in [6, 6.07) is 18.8. The number of hydrogen-bond donors (Lipinski definition) is 2. The highest BCUT2D eigenvalue weighted by molar-refractivity contribution is 5.93. The zero-order valence-electron chi connectivity index (χ0n) is 26.5. The van der Waals surface area contributed by atoms with Gasteiger partial charge in [-0.05, 0) is 54.4 Å². The van der Waals surface area contributed by atoms with Gasteiger partial charge >= 0.3 is 0 Å². The Hall–Kier alpha value is -4.15. The average Bonchev–Trinajstić information content (AvgIpc) is 3.35. The molecule has 0 spiro atoms. The summed E-state index contributed by atoms with van der Waals surface area (Å²) in [5.74, 6) is -1.17. The molecule has 0 aromatic heterocycles. The number of rotatable bonds is 10. The van der Waals surface area contributed by atoms with Gasteiger partial charge in [-0.1, -0.05) is 75.4 Å². The lowest BCUT2D eigenvalue weighted by Gasteiger charge is -2.52. The maximum atomic E-state index is 14.2. The Bertz CT molecular complexity index is 1590. The molecule has 0 saturated carbocycles. The van der Waals surface area contributed by atoms with E-state index in [4.69, 9.17) is 0 Å². The molecule has 4 atom stereocenters. The van der Waals surface area contributed by atoms with Crippen molar-refractivity contribution in [3.63, 3.8) is 0 Å². The van der Waals surface area contributed by atoms with E-state index in [-0.39, 0.29) is 36.6 Å². The molecule has 0 radical (unpaired) electrons. The van der Waals surface area contributed by atoms with Crippen molar-refractivity contribution in [1.82, 2.24) is 25.3 Å². The van der Waals surface area contributed by atoms with Gasteiger partial charge in [0.25, 0.3) is 0 Å². The van der Waals surface area contributed by atoms with Crippen LogP contribution in [0.3, 0.4) is 0 Å². The van der Waals surface area contributed by atoms with Crippen LogP contribution < -0.4 is 10.6 Å². The minimum Gasteiger partial charge on any atom is -0.337 e.